The van der Waals surface area contributed by atoms with E-state index in [9.17, 15) is 4.79 Å². The number of hydrogen-bond acceptors (Lipinski definition) is 2. The first-order valence-electron chi connectivity index (χ1n) is 8.27. The number of aryl methyl sites for hydroxylation is 1. The van der Waals surface area contributed by atoms with Crippen molar-refractivity contribution in [2.24, 2.45) is 0 Å². The maximum Gasteiger partial charge on any atom is 0.186 e. The minimum Gasteiger partial charge on any atom is -0.489 e. The Morgan fingerprint density at radius 3 is 2.48 bits per heavy atom. The number of hydrogen-bond donors (Lipinski definition) is 0. The standard InChI is InChI=1S/C23H20O2/c1-18-8-5-6-13-22(18)23(24)15-14-19-11-7-12-21(16-19)25-17-20-9-3-2-4-10-20/h2-16H,17H2,1H3/b15-14+. The van der Waals surface area contributed by atoms with Gasteiger partial charge in [0.2, 0.25) is 0 Å². The normalized spacial score (nSPS) is 10.8. The van der Waals surface area contributed by atoms with Crippen LogP contribution in [-0.4, -0.2) is 5.78 Å². The van der Waals surface area contributed by atoms with Crippen LogP contribution < -0.4 is 4.74 Å². The molecule has 0 spiro atoms. The SMILES string of the molecule is Cc1ccccc1C(=O)/C=C/c1cccc(OCc2ccccc2)c1. The van der Waals surface area contributed by atoms with Crippen molar-refractivity contribution in [3.8, 4) is 5.75 Å². The van der Waals surface area contributed by atoms with Gasteiger partial charge < -0.3 is 4.74 Å². The molecular weight excluding hydrogens is 308 g/mol. The minimum absolute atomic E-state index is 0.00806. The molecule has 0 aromatic heterocycles. The van der Waals surface area contributed by atoms with Crippen molar-refractivity contribution in [3.05, 3.63) is 107 Å². The van der Waals surface area contributed by atoms with Crippen molar-refractivity contribution < 1.29 is 9.53 Å². The summed E-state index contributed by atoms with van der Waals surface area (Å²) < 4.78 is 5.82. The Balaban J connectivity index is 1.67. The summed E-state index contributed by atoms with van der Waals surface area (Å²) in [6, 6.07) is 25.4. The van der Waals surface area contributed by atoms with Crippen LogP contribution in [0.1, 0.15) is 27.0 Å². The van der Waals surface area contributed by atoms with Crippen molar-refractivity contribution in [2.75, 3.05) is 0 Å². The van der Waals surface area contributed by atoms with Gasteiger partial charge in [-0.3, -0.25) is 4.79 Å². The Bertz CT molecular complexity index is 879. The Hall–Kier alpha value is -3.13. The van der Waals surface area contributed by atoms with Gasteiger partial charge in [0.05, 0.1) is 0 Å². The first kappa shape index (κ1) is 16.7. The van der Waals surface area contributed by atoms with Crippen LogP contribution >= 0.6 is 0 Å². The van der Waals surface area contributed by atoms with Crippen LogP contribution in [0.25, 0.3) is 6.08 Å². The van der Waals surface area contributed by atoms with Gasteiger partial charge in [-0.05, 0) is 41.8 Å². The van der Waals surface area contributed by atoms with Gasteiger partial charge in [0.25, 0.3) is 0 Å². The van der Waals surface area contributed by atoms with Crippen LogP contribution in [0.15, 0.2) is 84.9 Å². The maximum atomic E-state index is 12.3. The third-order valence-electron chi connectivity index (χ3n) is 3.94. The Labute approximate surface area is 148 Å². The molecule has 0 saturated carbocycles. The second kappa shape index (κ2) is 8.11. The molecule has 2 nitrogen and oxygen atoms in total. The van der Waals surface area contributed by atoms with E-state index in [1.165, 1.54) is 0 Å². The summed E-state index contributed by atoms with van der Waals surface area (Å²) in [6.45, 7) is 2.47. The van der Waals surface area contributed by atoms with Crippen LogP contribution in [0.4, 0.5) is 0 Å². The molecule has 0 aliphatic rings. The van der Waals surface area contributed by atoms with E-state index in [1.807, 2.05) is 91.9 Å². The lowest BCUT2D eigenvalue weighted by atomic mass is 10.0. The van der Waals surface area contributed by atoms with E-state index in [2.05, 4.69) is 0 Å². The molecule has 0 atom stereocenters. The van der Waals surface area contributed by atoms with Crippen LogP contribution in [0.2, 0.25) is 0 Å². The summed E-state index contributed by atoms with van der Waals surface area (Å²) in [7, 11) is 0. The summed E-state index contributed by atoms with van der Waals surface area (Å²) in [6.07, 6.45) is 3.43. The van der Waals surface area contributed by atoms with Gasteiger partial charge in [-0.1, -0.05) is 72.8 Å². The second-order valence-corrected chi connectivity index (χ2v) is 5.86. The third kappa shape index (κ3) is 4.67. The maximum absolute atomic E-state index is 12.3. The summed E-state index contributed by atoms with van der Waals surface area (Å²) in [5, 5.41) is 0. The molecule has 0 aliphatic carbocycles. The number of ether oxygens (including phenoxy) is 1. The zero-order valence-corrected chi connectivity index (χ0v) is 14.2. The lowest BCUT2D eigenvalue weighted by molar-refractivity contribution is 0.104. The van der Waals surface area contributed by atoms with E-state index in [-0.39, 0.29) is 5.78 Å². The van der Waals surface area contributed by atoms with Gasteiger partial charge in [0.15, 0.2) is 5.78 Å². The number of ketones is 1. The highest BCUT2D eigenvalue weighted by Gasteiger charge is 2.04. The average Bonchev–Trinajstić information content (AvgIpc) is 2.66. The molecule has 0 heterocycles. The molecule has 0 unspecified atom stereocenters. The monoisotopic (exact) mass is 328 g/mol. The molecule has 25 heavy (non-hydrogen) atoms. The van der Waals surface area contributed by atoms with E-state index in [0.717, 1.165) is 28.0 Å². The van der Waals surface area contributed by atoms with E-state index in [0.29, 0.717) is 6.61 Å². The summed E-state index contributed by atoms with van der Waals surface area (Å²) in [4.78, 5) is 12.3. The average molecular weight is 328 g/mol. The molecular formula is C23H20O2. The van der Waals surface area contributed by atoms with Gasteiger partial charge in [-0.25, -0.2) is 0 Å². The fourth-order valence-electron chi connectivity index (χ4n) is 2.56. The third-order valence-corrected chi connectivity index (χ3v) is 3.94. The molecule has 0 aliphatic heterocycles. The van der Waals surface area contributed by atoms with Crippen LogP contribution in [0.5, 0.6) is 5.75 Å². The quantitative estimate of drug-likeness (QED) is 0.443. The van der Waals surface area contributed by atoms with Crippen molar-refractivity contribution >= 4 is 11.9 Å². The fraction of sp³-hybridized carbons (Fsp3) is 0.0870. The predicted molar refractivity (Wildman–Crippen MR) is 102 cm³/mol. The van der Waals surface area contributed by atoms with Gasteiger partial charge in [-0.2, -0.15) is 0 Å². The first-order valence-corrected chi connectivity index (χ1v) is 8.27. The molecule has 3 aromatic carbocycles. The van der Waals surface area contributed by atoms with Crippen LogP contribution in [-0.2, 0) is 6.61 Å². The fourth-order valence-corrected chi connectivity index (χ4v) is 2.56. The molecule has 0 fully saturated rings. The lowest BCUT2D eigenvalue weighted by Gasteiger charge is -2.07. The van der Waals surface area contributed by atoms with Gasteiger partial charge in [0, 0.05) is 5.56 Å². The Morgan fingerprint density at radius 1 is 0.920 bits per heavy atom. The van der Waals surface area contributed by atoms with Gasteiger partial charge in [-0.15, -0.1) is 0 Å². The molecule has 0 saturated heterocycles. The highest BCUT2D eigenvalue weighted by Crippen LogP contribution is 2.17. The van der Waals surface area contributed by atoms with E-state index >= 15 is 0 Å². The minimum atomic E-state index is 0.00806. The Morgan fingerprint density at radius 2 is 1.68 bits per heavy atom. The highest BCUT2D eigenvalue weighted by atomic mass is 16.5. The van der Waals surface area contributed by atoms with E-state index in [1.54, 1.807) is 6.08 Å². The number of allylic oxidation sites excluding steroid dienone is 1. The number of rotatable bonds is 6. The molecule has 0 N–H and O–H groups in total. The van der Waals surface area contributed by atoms with Crippen molar-refractivity contribution in [3.63, 3.8) is 0 Å². The van der Waals surface area contributed by atoms with Crippen molar-refractivity contribution in [1.29, 1.82) is 0 Å². The summed E-state index contributed by atoms with van der Waals surface area (Å²) in [5.41, 5.74) is 3.78. The summed E-state index contributed by atoms with van der Waals surface area (Å²) >= 11 is 0. The second-order valence-electron chi connectivity index (χ2n) is 5.86. The van der Waals surface area contributed by atoms with Crippen molar-refractivity contribution in [2.45, 2.75) is 13.5 Å². The number of carbonyl (C=O) groups is 1. The van der Waals surface area contributed by atoms with Crippen LogP contribution in [0, 0.1) is 6.92 Å². The van der Waals surface area contributed by atoms with E-state index < -0.39 is 0 Å². The zero-order valence-electron chi connectivity index (χ0n) is 14.2. The molecule has 0 radical (unpaired) electrons. The zero-order chi connectivity index (χ0) is 17.5. The molecule has 3 aromatic rings. The number of carbonyl (C=O) groups excluding carboxylic acids is 1. The highest BCUT2D eigenvalue weighted by molar-refractivity contribution is 6.07. The van der Waals surface area contributed by atoms with Gasteiger partial charge >= 0.3 is 0 Å². The molecule has 3 rings (SSSR count). The van der Waals surface area contributed by atoms with Gasteiger partial charge in [0.1, 0.15) is 12.4 Å². The lowest BCUT2D eigenvalue weighted by Crippen LogP contribution is -1.97. The molecule has 124 valence electrons. The number of benzene rings is 3. The molecule has 0 amide bonds. The molecule has 2 heteroatoms. The molecule has 0 bridgehead atoms. The smallest absolute Gasteiger partial charge is 0.186 e. The van der Waals surface area contributed by atoms with Crippen molar-refractivity contribution in [1.82, 2.24) is 0 Å². The largest absolute Gasteiger partial charge is 0.489 e. The van der Waals surface area contributed by atoms with Crippen LogP contribution in [0.3, 0.4) is 0 Å². The first-order chi connectivity index (χ1) is 12.2. The topological polar surface area (TPSA) is 26.3 Å². The predicted octanol–water partition coefficient (Wildman–Crippen LogP) is 5.47. The summed E-state index contributed by atoms with van der Waals surface area (Å²) in [5.74, 6) is 0.794. The van der Waals surface area contributed by atoms with E-state index in [4.69, 9.17) is 4.74 Å². The Kier molecular flexibility index (Phi) is 5.43.